The Morgan fingerprint density at radius 1 is 1.19 bits per heavy atom. The van der Waals surface area contributed by atoms with Gasteiger partial charge in [0.1, 0.15) is 17.7 Å². The average Bonchev–Trinajstić information content (AvgIpc) is 2.73. The first-order valence-corrected chi connectivity index (χ1v) is 8.48. The SMILES string of the molecule is CCCNc1cc(OC2CCCCCC2)nc(C(C)C)n1. The molecular formula is C17H29N3O. The number of ether oxygens (including phenoxy) is 1. The predicted molar refractivity (Wildman–Crippen MR) is 87.0 cm³/mol. The van der Waals surface area contributed by atoms with Crippen molar-refractivity contribution in [3.63, 3.8) is 0 Å². The number of nitrogens with one attached hydrogen (secondary N) is 1. The zero-order valence-corrected chi connectivity index (χ0v) is 13.7. The normalized spacial score (nSPS) is 16.8. The Bertz CT molecular complexity index is 426. The van der Waals surface area contributed by atoms with Crippen LogP contribution in [0.25, 0.3) is 0 Å². The zero-order valence-electron chi connectivity index (χ0n) is 13.7. The highest BCUT2D eigenvalue weighted by Gasteiger charge is 2.16. The van der Waals surface area contributed by atoms with Crippen LogP contribution in [0.2, 0.25) is 0 Å². The van der Waals surface area contributed by atoms with Crippen LogP contribution >= 0.6 is 0 Å². The first-order chi connectivity index (χ1) is 10.2. The van der Waals surface area contributed by atoms with Crippen molar-refractivity contribution in [2.75, 3.05) is 11.9 Å². The van der Waals surface area contributed by atoms with Crippen LogP contribution < -0.4 is 10.1 Å². The number of hydrogen-bond acceptors (Lipinski definition) is 4. The van der Waals surface area contributed by atoms with E-state index in [0.29, 0.717) is 12.0 Å². The molecule has 21 heavy (non-hydrogen) atoms. The monoisotopic (exact) mass is 291 g/mol. The summed E-state index contributed by atoms with van der Waals surface area (Å²) in [6, 6.07) is 1.95. The first kappa shape index (κ1) is 16.1. The molecule has 1 fully saturated rings. The minimum atomic E-state index is 0.310. The number of hydrogen-bond donors (Lipinski definition) is 1. The molecule has 0 unspecified atom stereocenters. The van der Waals surface area contributed by atoms with Crippen LogP contribution in [0.1, 0.15) is 77.5 Å². The summed E-state index contributed by atoms with van der Waals surface area (Å²) in [4.78, 5) is 9.17. The molecule has 0 amide bonds. The Balaban J connectivity index is 2.10. The van der Waals surface area contributed by atoms with Gasteiger partial charge in [0, 0.05) is 18.5 Å². The van der Waals surface area contributed by atoms with E-state index in [4.69, 9.17) is 4.74 Å². The summed E-state index contributed by atoms with van der Waals surface area (Å²) in [6.45, 7) is 7.32. The van der Waals surface area contributed by atoms with Crippen molar-refractivity contribution >= 4 is 5.82 Å². The topological polar surface area (TPSA) is 47.0 Å². The van der Waals surface area contributed by atoms with E-state index in [9.17, 15) is 0 Å². The fourth-order valence-electron chi connectivity index (χ4n) is 2.64. The Kier molecular flexibility index (Phi) is 6.27. The summed E-state index contributed by atoms with van der Waals surface area (Å²) in [6.07, 6.45) is 8.93. The molecule has 0 radical (unpaired) electrons. The molecule has 0 atom stereocenters. The molecule has 1 aromatic heterocycles. The lowest BCUT2D eigenvalue weighted by molar-refractivity contribution is 0.175. The number of anilines is 1. The highest BCUT2D eigenvalue weighted by molar-refractivity contribution is 5.38. The number of nitrogens with zero attached hydrogens (tertiary/aromatic N) is 2. The summed E-state index contributed by atoms with van der Waals surface area (Å²) in [7, 11) is 0. The molecular weight excluding hydrogens is 262 g/mol. The molecule has 1 heterocycles. The van der Waals surface area contributed by atoms with Gasteiger partial charge in [0.25, 0.3) is 0 Å². The second-order valence-corrected chi connectivity index (χ2v) is 6.26. The van der Waals surface area contributed by atoms with Crippen LogP contribution in [-0.4, -0.2) is 22.6 Å². The van der Waals surface area contributed by atoms with Crippen LogP contribution in [-0.2, 0) is 0 Å². The van der Waals surface area contributed by atoms with Gasteiger partial charge in [0.15, 0.2) is 0 Å². The molecule has 4 heteroatoms. The van der Waals surface area contributed by atoms with Crippen LogP contribution in [0.15, 0.2) is 6.07 Å². The molecule has 0 aliphatic heterocycles. The third kappa shape index (κ3) is 5.18. The fraction of sp³-hybridized carbons (Fsp3) is 0.765. The molecule has 0 saturated heterocycles. The van der Waals surface area contributed by atoms with E-state index in [2.05, 4.69) is 36.1 Å². The number of aromatic nitrogens is 2. The van der Waals surface area contributed by atoms with Gasteiger partial charge in [-0.2, -0.15) is 4.98 Å². The van der Waals surface area contributed by atoms with Gasteiger partial charge in [-0.25, -0.2) is 4.98 Å². The molecule has 1 aliphatic carbocycles. The van der Waals surface area contributed by atoms with Crippen LogP contribution in [0.3, 0.4) is 0 Å². The van der Waals surface area contributed by atoms with Gasteiger partial charge < -0.3 is 10.1 Å². The highest BCUT2D eigenvalue weighted by atomic mass is 16.5. The van der Waals surface area contributed by atoms with Gasteiger partial charge in [-0.1, -0.05) is 33.6 Å². The summed E-state index contributed by atoms with van der Waals surface area (Å²) in [5.41, 5.74) is 0. The molecule has 2 rings (SSSR count). The van der Waals surface area contributed by atoms with Gasteiger partial charge in [-0.15, -0.1) is 0 Å². The van der Waals surface area contributed by atoms with E-state index in [0.717, 1.165) is 43.3 Å². The van der Waals surface area contributed by atoms with E-state index in [-0.39, 0.29) is 0 Å². The lowest BCUT2D eigenvalue weighted by Gasteiger charge is -2.18. The molecule has 0 aromatic carbocycles. The second kappa shape index (κ2) is 8.20. The van der Waals surface area contributed by atoms with Crippen molar-refractivity contribution in [2.45, 2.75) is 77.7 Å². The van der Waals surface area contributed by atoms with Crippen molar-refractivity contribution in [2.24, 2.45) is 0 Å². The van der Waals surface area contributed by atoms with E-state index in [1.807, 2.05) is 6.07 Å². The van der Waals surface area contributed by atoms with Gasteiger partial charge in [-0.05, 0) is 32.1 Å². The van der Waals surface area contributed by atoms with Crippen molar-refractivity contribution < 1.29 is 4.74 Å². The van der Waals surface area contributed by atoms with E-state index < -0.39 is 0 Å². The first-order valence-electron chi connectivity index (χ1n) is 8.48. The number of rotatable bonds is 6. The molecule has 118 valence electrons. The molecule has 0 spiro atoms. The van der Waals surface area contributed by atoms with Gasteiger partial charge >= 0.3 is 0 Å². The van der Waals surface area contributed by atoms with Crippen molar-refractivity contribution in [1.29, 1.82) is 0 Å². The Morgan fingerprint density at radius 2 is 1.90 bits per heavy atom. The summed E-state index contributed by atoms with van der Waals surface area (Å²) < 4.78 is 6.16. The van der Waals surface area contributed by atoms with Crippen molar-refractivity contribution in [3.05, 3.63) is 11.9 Å². The van der Waals surface area contributed by atoms with Crippen molar-refractivity contribution in [3.8, 4) is 5.88 Å². The van der Waals surface area contributed by atoms with E-state index in [1.165, 1.54) is 25.7 Å². The maximum Gasteiger partial charge on any atom is 0.219 e. The summed E-state index contributed by atoms with van der Waals surface area (Å²) >= 11 is 0. The largest absolute Gasteiger partial charge is 0.474 e. The lowest BCUT2D eigenvalue weighted by Crippen LogP contribution is -2.17. The van der Waals surface area contributed by atoms with Gasteiger partial charge in [-0.3, -0.25) is 0 Å². The van der Waals surface area contributed by atoms with E-state index >= 15 is 0 Å². The van der Waals surface area contributed by atoms with Gasteiger partial charge in [0.05, 0.1) is 0 Å². The van der Waals surface area contributed by atoms with Crippen LogP contribution in [0, 0.1) is 0 Å². The Labute approximate surface area is 128 Å². The second-order valence-electron chi connectivity index (χ2n) is 6.26. The Morgan fingerprint density at radius 3 is 2.52 bits per heavy atom. The molecule has 1 N–H and O–H groups in total. The summed E-state index contributed by atoms with van der Waals surface area (Å²) in [5.74, 6) is 2.79. The minimum absolute atomic E-state index is 0.310. The maximum absolute atomic E-state index is 6.16. The quantitative estimate of drug-likeness (QED) is 0.783. The van der Waals surface area contributed by atoms with Crippen LogP contribution in [0.4, 0.5) is 5.82 Å². The third-order valence-corrected chi connectivity index (χ3v) is 3.88. The molecule has 1 aromatic rings. The molecule has 0 bridgehead atoms. The zero-order chi connectivity index (χ0) is 15.1. The molecule has 1 aliphatic rings. The van der Waals surface area contributed by atoms with Crippen LogP contribution in [0.5, 0.6) is 5.88 Å². The Hall–Kier alpha value is -1.32. The smallest absolute Gasteiger partial charge is 0.219 e. The highest BCUT2D eigenvalue weighted by Crippen LogP contribution is 2.24. The molecule has 4 nitrogen and oxygen atoms in total. The van der Waals surface area contributed by atoms with Gasteiger partial charge in [0.2, 0.25) is 5.88 Å². The van der Waals surface area contributed by atoms with Crippen molar-refractivity contribution in [1.82, 2.24) is 9.97 Å². The maximum atomic E-state index is 6.16. The van der Waals surface area contributed by atoms with E-state index in [1.54, 1.807) is 0 Å². The summed E-state index contributed by atoms with van der Waals surface area (Å²) in [5, 5.41) is 3.35. The fourth-order valence-corrected chi connectivity index (χ4v) is 2.64. The predicted octanol–water partition coefficient (Wildman–Crippen LogP) is 4.52. The molecule has 1 saturated carbocycles. The lowest BCUT2D eigenvalue weighted by atomic mass is 10.1. The third-order valence-electron chi connectivity index (χ3n) is 3.88. The minimum Gasteiger partial charge on any atom is -0.474 e. The average molecular weight is 291 g/mol. The standard InChI is InChI=1S/C17H29N3O/c1-4-11-18-15-12-16(20-17(19-15)13(2)3)21-14-9-7-5-6-8-10-14/h12-14H,4-11H2,1-3H3,(H,18,19,20).